The fourth-order valence-electron chi connectivity index (χ4n) is 3.92. The van der Waals surface area contributed by atoms with Gasteiger partial charge in [-0.25, -0.2) is 0 Å². The number of aromatic hydroxyl groups is 1. The Morgan fingerprint density at radius 2 is 2.09 bits per heavy atom. The van der Waals surface area contributed by atoms with Crippen LogP contribution in [-0.4, -0.2) is 30.2 Å². The average Bonchev–Trinajstić information content (AvgIpc) is 2.54. The van der Waals surface area contributed by atoms with E-state index in [0.717, 1.165) is 30.5 Å². The van der Waals surface area contributed by atoms with Gasteiger partial charge in [-0.1, -0.05) is 24.3 Å². The molecular weight excluding hydrogens is 274 g/mol. The second-order valence-electron chi connectivity index (χ2n) is 6.21. The van der Waals surface area contributed by atoms with Crippen molar-refractivity contribution >= 4 is 0 Å². The number of likely N-dealkylation sites (N-methyl/N-ethyl adjacent to an activating group) is 1. The number of rotatable bonds is 2. The summed E-state index contributed by atoms with van der Waals surface area (Å²) in [5.41, 5.74) is 6.08. The minimum Gasteiger partial charge on any atom is -0.504 e. The van der Waals surface area contributed by atoms with Crippen LogP contribution in [0.25, 0.3) is 11.1 Å². The molecule has 2 aromatic rings. The molecule has 1 heterocycles. The van der Waals surface area contributed by atoms with Crippen LogP contribution in [0.3, 0.4) is 0 Å². The molecule has 0 aromatic heterocycles. The molecule has 1 aliphatic heterocycles. The van der Waals surface area contributed by atoms with E-state index < -0.39 is 0 Å². The molecule has 0 saturated carbocycles. The molecule has 1 aliphatic carbocycles. The molecule has 1 atom stereocenters. The number of hydrogen-bond donors (Lipinski definition) is 1. The van der Waals surface area contributed by atoms with Crippen LogP contribution < -0.4 is 4.74 Å². The molecule has 22 heavy (non-hydrogen) atoms. The van der Waals surface area contributed by atoms with Crippen molar-refractivity contribution < 1.29 is 9.84 Å². The zero-order chi connectivity index (χ0) is 15.3. The van der Waals surface area contributed by atoms with E-state index in [-0.39, 0.29) is 0 Å². The number of benzene rings is 2. The van der Waals surface area contributed by atoms with Crippen LogP contribution in [0.2, 0.25) is 0 Å². The van der Waals surface area contributed by atoms with Gasteiger partial charge in [0, 0.05) is 18.2 Å². The van der Waals surface area contributed by atoms with Gasteiger partial charge in [-0.2, -0.15) is 0 Å². The van der Waals surface area contributed by atoms with Crippen LogP contribution in [0.4, 0.5) is 0 Å². The monoisotopic (exact) mass is 295 g/mol. The van der Waals surface area contributed by atoms with E-state index in [0.29, 0.717) is 24.1 Å². The summed E-state index contributed by atoms with van der Waals surface area (Å²) >= 11 is 0. The number of hydrogen-bond acceptors (Lipinski definition) is 3. The predicted molar refractivity (Wildman–Crippen MR) is 87.5 cm³/mol. The van der Waals surface area contributed by atoms with Crippen molar-refractivity contribution in [3.8, 4) is 22.6 Å². The second-order valence-corrected chi connectivity index (χ2v) is 6.21. The van der Waals surface area contributed by atoms with E-state index in [1.165, 1.54) is 16.7 Å². The lowest BCUT2D eigenvalue weighted by Gasteiger charge is -2.40. The Morgan fingerprint density at radius 1 is 1.27 bits per heavy atom. The number of nitrogens with zero attached hydrogens (tertiary/aromatic N) is 1. The molecule has 0 spiro atoms. The average molecular weight is 295 g/mol. The lowest BCUT2D eigenvalue weighted by molar-refractivity contribution is 0.226. The van der Waals surface area contributed by atoms with Crippen molar-refractivity contribution in [3.05, 3.63) is 47.0 Å². The van der Waals surface area contributed by atoms with Crippen LogP contribution in [0.5, 0.6) is 11.5 Å². The number of fused-ring (bicyclic) bond motifs is 2. The van der Waals surface area contributed by atoms with Crippen molar-refractivity contribution in [1.82, 2.24) is 4.90 Å². The summed E-state index contributed by atoms with van der Waals surface area (Å²) in [4.78, 5) is 2.40. The van der Waals surface area contributed by atoms with Crippen molar-refractivity contribution in [2.45, 2.75) is 25.8 Å². The first-order valence-corrected chi connectivity index (χ1v) is 8.00. The highest BCUT2D eigenvalue weighted by atomic mass is 16.5. The van der Waals surface area contributed by atoms with Crippen molar-refractivity contribution in [1.29, 1.82) is 0 Å². The molecule has 3 nitrogen and oxygen atoms in total. The van der Waals surface area contributed by atoms with Crippen LogP contribution in [0.15, 0.2) is 30.3 Å². The summed E-state index contributed by atoms with van der Waals surface area (Å²) < 4.78 is 5.68. The first kappa shape index (κ1) is 13.6. The first-order valence-electron chi connectivity index (χ1n) is 8.00. The molecular formula is C19H21NO2. The second kappa shape index (κ2) is 5.03. The highest BCUT2D eigenvalue weighted by Gasteiger charge is 2.35. The summed E-state index contributed by atoms with van der Waals surface area (Å²) in [6.45, 7) is 3.57. The Bertz CT molecular complexity index is 738. The normalized spacial score (nSPS) is 19.5. The van der Waals surface area contributed by atoms with Gasteiger partial charge in [0.05, 0.1) is 6.61 Å². The maximum absolute atomic E-state index is 10.8. The van der Waals surface area contributed by atoms with E-state index in [1.807, 2.05) is 19.1 Å². The molecule has 0 fully saturated rings. The zero-order valence-corrected chi connectivity index (χ0v) is 13.1. The standard InChI is InChI=1S/C19H21NO2/c1-3-22-16-11-13-8-9-20(2)15-10-12-6-4-5-7-14(12)18(17(13)15)19(16)21/h4-7,11,15,21H,3,8-10H2,1-2H3/t15-/m1/s1. The number of ether oxygens (including phenoxy) is 1. The molecule has 0 bridgehead atoms. The fourth-order valence-corrected chi connectivity index (χ4v) is 3.92. The van der Waals surface area contributed by atoms with Gasteiger partial charge >= 0.3 is 0 Å². The third-order valence-electron chi connectivity index (χ3n) is 4.99. The maximum atomic E-state index is 10.8. The van der Waals surface area contributed by atoms with Crippen LogP contribution in [0, 0.1) is 0 Å². The van der Waals surface area contributed by atoms with Gasteiger partial charge in [0.25, 0.3) is 0 Å². The van der Waals surface area contributed by atoms with Crippen LogP contribution >= 0.6 is 0 Å². The van der Waals surface area contributed by atoms with E-state index in [1.54, 1.807) is 0 Å². The van der Waals surface area contributed by atoms with Gasteiger partial charge in [-0.15, -0.1) is 0 Å². The van der Waals surface area contributed by atoms with E-state index in [9.17, 15) is 5.11 Å². The minimum atomic E-state index is 0.299. The largest absolute Gasteiger partial charge is 0.504 e. The van der Waals surface area contributed by atoms with Gasteiger partial charge < -0.3 is 9.84 Å². The fraction of sp³-hybridized carbons (Fsp3) is 0.368. The first-order chi connectivity index (χ1) is 10.7. The summed E-state index contributed by atoms with van der Waals surface area (Å²) in [7, 11) is 2.18. The molecule has 0 unspecified atom stereocenters. The summed E-state index contributed by atoms with van der Waals surface area (Å²) in [5, 5.41) is 10.8. The Morgan fingerprint density at radius 3 is 2.91 bits per heavy atom. The zero-order valence-electron chi connectivity index (χ0n) is 13.1. The quantitative estimate of drug-likeness (QED) is 0.920. The Labute approximate surface area is 131 Å². The molecule has 0 amide bonds. The van der Waals surface area contributed by atoms with Crippen molar-refractivity contribution in [2.75, 3.05) is 20.2 Å². The third-order valence-corrected chi connectivity index (χ3v) is 4.99. The van der Waals surface area contributed by atoms with E-state index in [4.69, 9.17) is 4.74 Å². The summed E-state index contributed by atoms with van der Waals surface area (Å²) in [5.74, 6) is 0.921. The highest BCUT2D eigenvalue weighted by molar-refractivity contribution is 5.83. The molecule has 2 aliphatic rings. The molecule has 0 saturated heterocycles. The lowest BCUT2D eigenvalue weighted by Crippen LogP contribution is -2.35. The lowest BCUT2D eigenvalue weighted by atomic mass is 9.76. The van der Waals surface area contributed by atoms with Gasteiger partial charge in [0.2, 0.25) is 0 Å². The van der Waals surface area contributed by atoms with Gasteiger partial charge in [0.1, 0.15) is 0 Å². The van der Waals surface area contributed by atoms with E-state index in [2.05, 4.69) is 30.1 Å². The van der Waals surface area contributed by atoms with Gasteiger partial charge in [-0.3, -0.25) is 4.90 Å². The molecule has 4 rings (SSSR count). The number of phenols is 1. The van der Waals surface area contributed by atoms with Crippen molar-refractivity contribution in [2.24, 2.45) is 0 Å². The van der Waals surface area contributed by atoms with Gasteiger partial charge in [0.15, 0.2) is 11.5 Å². The van der Waals surface area contributed by atoms with Crippen LogP contribution in [-0.2, 0) is 12.8 Å². The Kier molecular flexibility index (Phi) is 3.12. The summed E-state index contributed by atoms with van der Waals surface area (Å²) in [6.07, 6.45) is 2.03. The Balaban J connectivity index is 2.03. The Hall–Kier alpha value is -2.00. The smallest absolute Gasteiger partial charge is 0.166 e. The predicted octanol–water partition coefficient (Wildman–Crippen LogP) is 3.54. The SMILES string of the molecule is CCOc1cc2c3c(c1O)-c1ccccc1C[C@H]3N(C)CC2. The van der Waals surface area contributed by atoms with Gasteiger partial charge in [-0.05, 0) is 55.1 Å². The van der Waals surface area contributed by atoms with E-state index >= 15 is 0 Å². The molecule has 114 valence electrons. The summed E-state index contributed by atoms with van der Waals surface area (Å²) in [6, 6.07) is 10.8. The topological polar surface area (TPSA) is 32.7 Å². The molecule has 0 radical (unpaired) electrons. The third kappa shape index (κ3) is 1.85. The maximum Gasteiger partial charge on any atom is 0.166 e. The van der Waals surface area contributed by atoms with Crippen LogP contribution in [0.1, 0.15) is 29.7 Å². The molecule has 3 heteroatoms. The highest BCUT2D eigenvalue weighted by Crippen LogP contribution is 2.51. The minimum absolute atomic E-state index is 0.299. The van der Waals surface area contributed by atoms with Crippen molar-refractivity contribution in [3.63, 3.8) is 0 Å². The molecule has 1 N–H and O–H groups in total. The number of phenolic OH excluding ortho intramolecular Hbond substituents is 1. The molecule has 2 aromatic carbocycles.